The summed E-state index contributed by atoms with van der Waals surface area (Å²) >= 11 is 0. The first-order valence-corrected chi connectivity index (χ1v) is 4.77. The van der Waals surface area contributed by atoms with Crippen LogP contribution in [0.3, 0.4) is 0 Å². The number of methoxy groups -OCH3 is 1. The first-order valence-electron chi connectivity index (χ1n) is 4.77. The minimum atomic E-state index is -0.230. The molecule has 0 heterocycles. The van der Waals surface area contributed by atoms with E-state index >= 15 is 0 Å². The van der Waals surface area contributed by atoms with E-state index in [2.05, 4.69) is 10.1 Å². The number of hydrogen-bond donors (Lipinski definition) is 2. The van der Waals surface area contributed by atoms with E-state index in [0.29, 0.717) is 12.1 Å². The minimum Gasteiger partial charge on any atom is -0.469 e. The van der Waals surface area contributed by atoms with Gasteiger partial charge < -0.3 is 15.8 Å². The van der Waals surface area contributed by atoms with Crippen molar-refractivity contribution in [3.63, 3.8) is 0 Å². The quantitative estimate of drug-likeness (QED) is 0.574. The second kappa shape index (κ2) is 5.36. The summed E-state index contributed by atoms with van der Waals surface area (Å²) in [6.45, 7) is 0. The Hall–Kier alpha value is -1.55. The average Bonchev–Trinajstić information content (AvgIpc) is 2.27. The van der Waals surface area contributed by atoms with Crippen molar-refractivity contribution >= 4 is 11.7 Å². The van der Waals surface area contributed by atoms with Crippen LogP contribution in [-0.2, 0) is 9.53 Å². The van der Waals surface area contributed by atoms with Crippen molar-refractivity contribution in [2.45, 2.75) is 12.5 Å². The third kappa shape index (κ3) is 3.25. The zero-order valence-corrected chi connectivity index (χ0v) is 8.99. The molecular weight excluding hydrogens is 192 g/mol. The number of carbonyl (C=O) groups is 1. The van der Waals surface area contributed by atoms with Crippen LogP contribution in [-0.4, -0.2) is 20.1 Å². The van der Waals surface area contributed by atoms with Gasteiger partial charge in [-0.05, 0) is 24.7 Å². The number of nitrogens with two attached hydrogens (primary N) is 1. The lowest BCUT2D eigenvalue weighted by atomic mass is 10.0. The van der Waals surface area contributed by atoms with Crippen LogP contribution in [0.5, 0.6) is 0 Å². The number of nitrogens with one attached hydrogen (secondary N) is 1. The van der Waals surface area contributed by atoms with Gasteiger partial charge in [0.2, 0.25) is 0 Å². The average molecular weight is 208 g/mol. The summed E-state index contributed by atoms with van der Waals surface area (Å²) in [5.41, 5.74) is 7.32. The van der Waals surface area contributed by atoms with Crippen LogP contribution in [0.4, 0.5) is 5.69 Å². The highest BCUT2D eigenvalue weighted by Gasteiger charge is 2.13. The van der Waals surface area contributed by atoms with Gasteiger partial charge in [0.25, 0.3) is 0 Å². The van der Waals surface area contributed by atoms with Gasteiger partial charge in [0.15, 0.2) is 0 Å². The predicted octanol–water partition coefficient (Wildman–Crippen LogP) is 1.09. The molecule has 0 fully saturated rings. The lowest BCUT2D eigenvalue weighted by Crippen LogP contribution is -2.20. The van der Waals surface area contributed by atoms with Gasteiger partial charge in [-0.3, -0.25) is 4.79 Å². The van der Waals surface area contributed by atoms with E-state index in [1.807, 2.05) is 31.3 Å². The molecule has 0 saturated carbocycles. The number of benzene rings is 1. The zero-order chi connectivity index (χ0) is 11.3. The Balaban J connectivity index is 2.74. The van der Waals surface area contributed by atoms with Crippen molar-refractivity contribution < 1.29 is 9.53 Å². The Bertz CT molecular complexity index is 322. The van der Waals surface area contributed by atoms with Gasteiger partial charge in [-0.25, -0.2) is 0 Å². The number of nitrogen functional groups attached to an aromatic ring is 1. The molecule has 0 spiro atoms. The predicted molar refractivity (Wildman–Crippen MR) is 59.3 cm³/mol. The second-order valence-corrected chi connectivity index (χ2v) is 3.29. The normalized spacial score (nSPS) is 12.1. The second-order valence-electron chi connectivity index (χ2n) is 3.29. The molecule has 15 heavy (non-hydrogen) atoms. The lowest BCUT2D eigenvalue weighted by Gasteiger charge is -2.15. The molecule has 1 unspecified atom stereocenters. The lowest BCUT2D eigenvalue weighted by molar-refractivity contribution is -0.141. The zero-order valence-electron chi connectivity index (χ0n) is 8.99. The Kier molecular flexibility index (Phi) is 4.12. The standard InChI is InChI=1S/C11H16N2O2/c1-13-10(7-11(14)15-2)8-3-5-9(12)6-4-8/h3-6,10,13H,7,12H2,1-2H3. The number of rotatable bonds is 4. The molecule has 4 heteroatoms. The third-order valence-corrected chi connectivity index (χ3v) is 2.29. The third-order valence-electron chi connectivity index (χ3n) is 2.29. The molecule has 0 aliphatic heterocycles. The van der Waals surface area contributed by atoms with Gasteiger partial charge in [0.1, 0.15) is 0 Å². The van der Waals surface area contributed by atoms with Crippen molar-refractivity contribution in [2.75, 3.05) is 19.9 Å². The van der Waals surface area contributed by atoms with Crippen LogP contribution < -0.4 is 11.1 Å². The monoisotopic (exact) mass is 208 g/mol. The summed E-state index contributed by atoms with van der Waals surface area (Å²) in [5, 5.41) is 3.06. The van der Waals surface area contributed by atoms with Crippen LogP contribution in [0.25, 0.3) is 0 Å². The van der Waals surface area contributed by atoms with Crippen molar-refractivity contribution in [3.8, 4) is 0 Å². The summed E-state index contributed by atoms with van der Waals surface area (Å²) in [5.74, 6) is -0.230. The van der Waals surface area contributed by atoms with Gasteiger partial charge in [-0.1, -0.05) is 12.1 Å². The number of carbonyl (C=O) groups excluding carboxylic acids is 1. The highest BCUT2D eigenvalue weighted by atomic mass is 16.5. The van der Waals surface area contributed by atoms with Gasteiger partial charge in [-0.2, -0.15) is 0 Å². The highest BCUT2D eigenvalue weighted by Crippen LogP contribution is 2.18. The van der Waals surface area contributed by atoms with Crippen LogP contribution >= 0.6 is 0 Å². The Morgan fingerprint density at radius 2 is 2.07 bits per heavy atom. The molecule has 0 aliphatic carbocycles. The largest absolute Gasteiger partial charge is 0.469 e. The van der Waals surface area contributed by atoms with Gasteiger partial charge >= 0.3 is 5.97 Å². The van der Waals surface area contributed by atoms with Crippen LogP contribution in [0, 0.1) is 0 Å². The molecule has 1 atom stereocenters. The van der Waals surface area contributed by atoms with Gasteiger partial charge in [-0.15, -0.1) is 0 Å². The summed E-state index contributed by atoms with van der Waals surface area (Å²) < 4.78 is 4.62. The fourth-order valence-corrected chi connectivity index (χ4v) is 1.36. The molecule has 0 radical (unpaired) electrons. The fourth-order valence-electron chi connectivity index (χ4n) is 1.36. The van der Waals surface area contributed by atoms with Crippen LogP contribution in [0.15, 0.2) is 24.3 Å². The van der Waals surface area contributed by atoms with Crippen molar-refractivity contribution in [1.82, 2.24) is 5.32 Å². The Morgan fingerprint density at radius 1 is 1.47 bits per heavy atom. The summed E-state index contributed by atoms with van der Waals surface area (Å²) in [6.07, 6.45) is 0.316. The molecular formula is C11H16N2O2. The maximum absolute atomic E-state index is 11.1. The number of esters is 1. The Morgan fingerprint density at radius 3 is 2.53 bits per heavy atom. The molecule has 0 aliphatic rings. The molecule has 1 aromatic carbocycles. The van der Waals surface area contributed by atoms with Gasteiger partial charge in [0, 0.05) is 11.7 Å². The first kappa shape index (κ1) is 11.5. The smallest absolute Gasteiger partial charge is 0.307 e. The molecule has 3 N–H and O–H groups in total. The van der Waals surface area contributed by atoms with Gasteiger partial charge in [0.05, 0.1) is 13.5 Å². The molecule has 1 rings (SSSR count). The minimum absolute atomic E-state index is 0.0296. The number of ether oxygens (including phenoxy) is 1. The molecule has 0 aromatic heterocycles. The number of hydrogen-bond acceptors (Lipinski definition) is 4. The first-order chi connectivity index (χ1) is 7.17. The highest BCUT2D eigenvalue weighted by molar-refractivity contribution is 5.70. The SMILES string of the molecule is CNC(CC(=O)OC)c1ccc(N)cc1. The summed E-state index contributed by atoms with van der Waals surface area (Å²) in [4.78, 5) is 11.1. The van der Waals surface area contributed by atoms with E-state index in [1.54, 1.807) is 0 Å². The maximum Gasteiger partial charge on any atom is 0.307 e. The molecule has 0 bridgehead atoms. The van der Waals surface area contributed by atoms with E-state index in [1.165, 1.54) is 7.11 Å². The molecule has 4 nitrogen and oxygen atoms in total. The molecule has 1 aromatic rings. The summed E-state index contributed by atoms with van der Waals surface area (Å²) in [6, 6.07) is 7.41. The fraction of sp³-hybridized carbons (Fsp3) is 0.364. The molecule has 0 saturated heterocycles. The topological polar surface area (TPSA) is 64.3 Å². The van der Waals surface area contributed by atoms with Crippen LogP contribution in [0.1, 0.15) is 18.0 Å². The van der Waals surface area contributed by atoms with E-state index < -0.39 is 0 Å². The number of anilines is 1. The van der Waals surface area contributed by atoms with E-state index in [9.17, 15) is 4.79 Å². The maximum atomic E-state index is 11.1. The van der Waals surface area contributed by atoms with E-state index in [0.717, 1.165) is 5.56 Å². The van der Waals surface area contributed by atoms with Crippen molar-refractivity contribution in [2.24, 2.45) is 0 Å². The van der Waals surface area contributed by atoms with E-state index in [-0.39, 0.29) is 12.0 Å². The van der Waals surface area contributed by atoms with Crippen molar-refractivity contribution in [1.29, 1.82) is 0 Å². The summed E-state index contributed by atoms with van der Waals surface area (Å²) in [7, 11) is 3.20. The molecule has 0 amide bonds. The van der Waals surface area contributed by atoms with Crippen molar-refractivity contribution in [3.05, 3.63) is 29.8 Å². The Labute approximate surface area is 89.4 Å². The van der Waals surface area contributed by atoms with Crippen LogP contribution in [0.2, 0.25) is 0 Å². The van der Waals surface area contributed by atoms with E-state index in [4.69, 9.17) is 5.73 Å². The molecule has 82 valence electrons.